The van der Waals surface area contributed by atoms with Crippen LogP contribution in [0.5, 0.6) is 0 Å². The van der Waals surface area contributed by atoms with Crippen LogP contribution < -0.4 is 4.90 Å². The number of aryl methyl sites for hydroxylation is 1. The van der Waals surface area contributed by atoms with Crippen LogP contribution in [0.25, 0.3) is 0 Å². The van der Waals surface area contributed by atoms with Crippen LogP contribution in [0.2, 0.25) is 0 Å². The Labute approximate surface area is 199 Å². The van der Waals surface area contributed by atoms with Gasteiger partial charge in [-0.25, -0.2) is 9.69 Å². The predicted octanol–water partition coefficient (Wildman–Crippen LogP) is 4.35. The number of ether oxygens (including phenoxy) is 1. The smallest absolute Gasteiger partial charge is 0.421 e. The second-order valence-corrected chi connectivity index (χ2v) is 10.3. The molecule has 34 heavy (non-hydrogen) atoms. The SMILES string of the molecule is Cc1ccc2c(c1)C(c1ccccc1)([C@@H]1CC(=O)N(C(C)C)C1=O)C(=O)N2C(=O)OC(C)(C)C. The summed E-state index contributed by atoms with van der Waals surface area (Å²) in [6.45, 7) is 10.6. The van der Waals surface area contributed by atoms with Gasteiger partial charge in [-0.15, -0.1) is 0 Å². The highest BCUT2D eigenvalue weighted by molar-refractivity contribution is 6.25. The van der Waals surface area contributed by atoms with E-state index in [0.717, 1.165) is 10.5 Å². The van der Waals surface area contributed by atoms with Gasteiger partial charge in [0, 0.05) is 12.5 Å². The average molecular weight is 463 g/mol. The lowest BCUT2D eigenvalue weighted by molar-refractivity contribution is -0.143. The van der Waals surface area contributed by atoms with Crippen molar-refractivity contribution in [1.29, 1.82) is 0 Å². The number of carbonyl (C=O) groups excluding carboxylic acids is 4. The van der Waals surface area contributed by atoms with Crippen LogP contribution in [0.15, 0.2) is 48.5 Å². The molecule has 7 nitrogen and oxygen atoms in total. The first kappa shape index (κ1) is 23.7. The second-order valence-electron chi connectivity index (χ2n) is 10.3. The standard InChI is InChI=1S/C27H30N2O5/c1-16(2)28-22(30)15-20(23(28)31)27(18-10-8-7-9-11-18)19-14-17(3)12-13-21(19)29(24(27)32)25(33)34-26(4,5)6/h7-14,16,20H,15H2,1-6H3/t20-,27?/m1/s1. The molecule has 4 amide bonds. The highest BCUT2D eigenvalue weighted by Gasteiger charge is 2.64. The van der Waals surface area contributed by atoms with E-state index in [1.165, 1.54) is 4.90 Å². The number of likely N-dealkylation sites (tertiary alicyclic amines) is 1. The number of hydrogen-bond donors (Lipinski definition) is 0. The van der Waals surface area contributed by atoms with E-state index >= 15 is 0 Å². The molecule has 2 aromatic carbocycles. The molecule has 0 saturated carbocycles. The monoisotopic (exact) mass is 462 g/mol. The van der Waals surface area contributed by atoms with Gasteiger partial charge in [0.15, 0.2) is 0 Å². The Morgan fingerprint density at radius 3 is 2.26 bits per heavy atom. The van der Waals surface area contributed by atoms with Crippen LogP contribution in [0.3, 0.4) is 0 Å². The number of imide groups is 2. The summed E-state index contributed by atoms with van der Waals surface area (Å²) in [5.74, 6) is -2.29. The number of rotatable bonds is 3. The largest absolute Gasteiger partial charge is 0.443 e. The summed E-state index contributed by atoms with van der Waals surface area (Å²) in [7, 11) is 0. The van der Waals surface area contributed by atoms with Gasteiger partial charge in [0.1, 0.15) is 11.0 Å². The van der Waals surface area contributed by atoms with E-state index in [2.05, 4.69) is 0 Å². The van der Waals surface area contributed by atoms with Gasteiger partial charge in [-0.3, -0.25) is 19.3 Å². The van der Waals surface area contributed by atoms with Crippen LogP contribution in [-0.4, -0.2) is 40.4 Å². The fourth-order valence-corrected chi connectivity index (χ4v) is 5.10. The fourth-order valence-electron chi connectivity index (χ4n) is 5.10. The minimum atomic E-state index is -1.53. The zero-order valence-electron chi connectivity index (χ0n) is 20.4. The molecule has 2 aliphatic heterocycles. The number of anilines is 1. The van der Waals surface area contributed by atoms with E-state index in [9.17, 15) is 19.2 Å². The molecular formula is C27H30N2O5. The third kappa shape index (κ3) is 3.50. The van der Waals surface area contributed by atoms with Crippen molar-refractivity contribution >= 4 is 29.5 Å². The Balaban J connectivity index is 2.00. The number of nitrogens with zero attached hydrogens (tertiary/aromatic N) is 2. The highest BCUT2D eigenvalue weighted by Crippen LogP contribution is 2.54. The summed E-state index contributed by atoms with van der Waals surface area (Å²) in [4.78, 5) is 56.6. The summed E-state index contributed by atoms with van der Waals surface area (Å²) in [5, 5.41) is 0. The molecule has 0 bridgehead atoms. The third-order valence-electron chi connectivity index (χ3n) is 6.39. The molecule has 0 aromatic heterocycles. The van der Waals surface area contributed by atoms with Gasteiger partial charge in [-0.2, -0.15) is 0 Å². The molecule has 1 unspecified atom stereocenters. The molecule has 0 N–H and O–H groups in total. The normalized spacial score (nSPS) is 22.6. The van der Waals surface area contributed by atoms with Crippen LogP contribution in [0.1, 0.15) is 57.7 Å². The first-order chi connectivity index (χ1) is 15.9. The van der Waals surface area contributed by atoms with Crippen molar-refractivity contribution < 1.29 is 23.9 Å². The quantitative estimate of drug-likeness (QED) is 0.634. The maximum absolute atomic E-state index is 14.4. The Morgan fingerprint density at radius 1 is 1.06 bits per heavy atom. The molecule has 2 atom stereocenters. The summed E-state index contributed by atoms with van der Waals surface area (Å²) in [6.07, 6.45) is -0.925. The maximum atomic E-state index is 14.4. The van der Waals surface area contributed by atoms with Crippen molar-refractivity contribution in [3.05, 3.63) is 65.2 Å². The van der Waals surface area contributed by atoms with Gasteiger partial charge in [-0.05, 0) is 58.7 Å². The minimum absolute atomic E-state index is 0.118. The van der Waals surface area contributed by atoms with Crippen molar-refractivity contribution in [2.75, 3.05) is 4.90 Å². The van der Waals surface area contributed by atoms with Gasteiger partial charge in [0.2, 0.25) is 11.8 Å². The van der Waals surface area contributed by atoms with Crippen LogP contribution >= 0.6 is 0 Å². The number of carbonyl (C=O) groups is 4. The molecule has 7 heteroatoms. The lowest BCUT2D eigenvalue weighted by Crippen LogP contribution is -2.51. The van der Waals surface area contributed by atoms with Gasteiger partial charge >= 0.3 is 6.09 Å². The van der Waals surface area contributed by atoms with Crippen molar-refractivity contribution in [2.45, 2.75) is 65.0 Å². The summed E-state index contributed by atoms with van der Waals surface area (Å²) < 4.78 is 5.58. The van der Waals surface area contributed by atoms with Crippen molar-refractivity contribution in [3.8, 4) is 0 Å². The van der Waals surface area contributed by atoms with Crippen molar-refractivity contribution in [2.24, 2.45) is 5.92 Å². The van der Waals surface area contributed by atoms with Gasteiger partial charge < -0.3 is 4.74 Å². The Hall–Kier alpha value is -3.48. The summed E-state index contributed by atoms with van der Waals surface area (Å²) in [6, 6.07) is 14.0. The number of hydrogen-bond acceptors (Lipinski definition) is 5. The van der Waals surface area contributed by atoms with Gasteiger partial charge in [-0.1, -0.05) is 48.0 Å². The number of fused-ring (bicyclic) bond motifs is 1. The molecule has 2 aliphatic rings. The molecule has 4 rings (SSSR count). The molecule has 0 spiro atoms. The third-order valence-corrected chi connectivity index (χ3v) is 6.39. The van der Waals surface area contributed by atoms with E-state index in [4.69, 9.17) is 4.74 Å². The molecule has 1 fully saturated rings. The number of benzene rings is 2. The topological polar surface area (TPSA) is 84.0 Å². The molecule has 0 aliphatic carbocycles. The summed E-state index contributed by atoms with van der Waals surface area (Å²) >= 11 is 0. The highest BCUT2D eigenvalue weighted by atomic mass is 16.6. The van der Waals surface area contributed by atoms with E-state index < -0.39 is 34.8 Å². The van der Waals surface area contributed by atoms with Gasteiger partial charge in [0.25, 0.3) is 5.91 Å². The molecule has 1 saturated heterocycles. The molecular weight excluding hydrogens is 432 g/mol. The molecule has 0 radical (unpaired) electrons. The minimum Gasteiger partial charge on any atom is -0.443 e. The maximum Gasteiger partial charge on any atom is 0.421 e. The van der Waals surface area contributed by atoms with Crippen LogP contribution in [-0.2, 0) is 24.5 Å². The predicted molar refractivity (Wildman–Crippen MR) is 127 cm³/mol. The molecule has 2 heterocycles. The molecule has 2 aromatic rings. The van der Waals surface area contributed by atoms with E-state index in [-0.39, 0.29) is 18.4 Å². The van der Waals surface area contributed by atoms with Crippen molar-refractivity contribution in [3.63, 3.8) is 0 Å². The lowest BCUT2D eigenvalue weighted by atomic mass is 9.65. The van der Waals surface area contributed by atoms with E-state index in [0.29, 0.717) is 16.8 Å². The zero-order chi connectivity index (χ0) is 25.0. The molecule has 178 valence electrons. The summed E-state index contributed by atoms with van der Waals surface area (Å²) in [5.41, 5.74) is -0.0164. The average Bonchev–Trinajstić information content (AvgIpc) is 3.17. The Kier molecular flexibility index (Phi) is 5.62. The second kappa shape index (κ2) is 8.08. The van der Waals surface area contributed by atoms with Crippen molar-refractivity contribution in [1.82, 2.24) is 4.90 Å². The lowest BCUT2D eigenvalue weighted by Gasteiger charge is -2.34. The number of amides is 4. The Bertz CT molecular complexity index is 1180. The van der Waals surface area contributed by atoms with Gasteiger partial charge in [0.05, 0.1) is 11.6 Å². The van der Waals surface area contributed by atoms with Crippen LogP contribution in [0.4, 0.5) is 10.5 Å². The fraction of sp³-hybridized carbons (Fsp3) is 0.407. The Morgan fingerprint density at radius 2 is 1.71 bits per heavy atom. The zero-order valence-corrected chi connectivity index (χ0v) is 20.4. The van der Waals surface area contributed by atoms with E-state index in [1.54, 1.807) is 65.0 Å². The van der Waals surface area contributed by atoms with E-state index in [1.807, 2.05) is 25.1 Å². The van der Waals surface area contributed by atoms with Crippen LogP contribution in [0, 0.1) is 12.8 Å². The first-order valence-electron chi connectivity index (χ1n) is 11.5. The first-order valence-corrected chi connectivity index (χ1v) is 11.5.